The van der Waals surface area contributed by atoms with Gasteiger partial charge in [0, 0.05) is 25.7 Å². The minimum absolute atomic E-state index is 0.0356. The molecule has 1 aromatic carbocycles. The Morgan fingerprint density at radius 1 is 1.27 bits per heavy atom. The van der Waals surface area contributed by atoms with E-state index in [-0.39, 0.29) is 22.7 Å². The average molecular weight is 652 g/mol. The van der Waals surface area contributed by atoms with E-state index in [2.05, 4.69) is 59.2 Å². The van der Waals surface area contributed by atoms with Crippen LogP contribution in [-0.4, -0.2) is 39.7 Å². The van der Waals surface area contributed by atoms with Crippen LogP contribution in [-0.2, 0) is 24.5 Å². The fourth-order valence-corrected chi connectivity index (χ4v) is 7.04. The molecule has 1 fully saturated rings. The van der Waals surface area contributed by atoms with Gasteiger partial charge in [-0.1, -0.05) is 31.6 Å². The van der Waals surface area contributed by atoms with Crippen molar-refractivity contribution < 1.29 is 4.21 Å². The number of piperidine rings is 1. The third-order valence-electron chi connectivity index (χ3n) is 7.90. The number of aromatic nitrogens is 2. The van der Waals surface area contributed by atoms with Crippen LogP contribution in [0.4, 0.5) is 11.8 Å². The Labute approximate surface area is 237 Å². The zero-order valence-corrected chi connectivity index (χ0v) is 26.6. The van der Waals surface area contributed by atoms with E-state index in [1.165, 1.54) is 11.1 Å². The van der Waals surface area contributed by atoms with Crippen molar-refractivity contribution in [1.29, 1.82) is 0 Å². The van der Waals surface area contributed by atoms with Gasteiger partial charge in [-0.3, -0.25) is 14.5 Å². The van der Waals surface area contributed by atoms with Crippen LogP contribution in [0.2, 0.25) is 19.6 Å². The number of anilines is 2. The van der Waals surface area contributed by atoms with Gasteiger partial charge in [-0.25, -0.2) is 4.21 Å². The third kappa shape index (κ3) is 5.70. The van der Waals surface area contributed by atoms with Crippen molar-refractivity contribution in [2.45, 2.75) is 69.8 Å². The third-order valence-corrected chi connectivity index (χ3v) is 11.0. The summed E-state index contributed by atoms with van der Waals surface area (Å²) in [6.07, 6.45) is 3.61. The van der Waals surface area contributed by atoms with E-state index in [0.717, 1.165) is 44.3 Å². The number of nitrogens with zero attached hydrogens (tertiary/aromatic N) is 3. The highest BCUT2D eigenvalue weighted by Gasteiger charge is 2.50. The molecule has 10 heteroatoms. The van der Waals surface area contributed by atoms with E-state index in [9.17, 15) is 9.00 Å². The van der Waals surface area contributed by atoms with Crippen molar-refractivity contribution in [2.75, 3.05) is 23.7 Å². The van der Waals surface area contributed by atoms with E-state index in [1.807, 2.05) is 36.4 Å². The summed E-state index contributed by atoms with van der Waals surface area (Å²) in [5, 5.41) is 5.94. The Hall–Kier alpha value is -1.68. The first-order chi connectivity index (χ1) is 17.1. The topological polar surface area (TPSA) is 107 Å². The summed E-state index contributed by atoms with van der Waals surface area (Å²) in [6.45, 7) is 12.3. The highest BCUT2D eigenvalue weighted by atomic mass is 127. The lowest BCUT2D eigenvalue weighted by molar-refractivity contribution is 0.169. The number of hydrogen-bond donors (Lipinski definition) is 2. The number of benzene rings is 1. The SMILES string of the molecule is Cn1c(N2CCC3(CC2)Cc2cc(C#C[Si](C)(C)C)ccc2[C@H]3CC(C)(C)S(N)=O)nc(N)c(I)c1=O. The number of nitrogen functional groups attached to an aromatic ring is 1. The number of rotatable bonds is 4. The minimum Gasteiger partial charge on any atom is -0.383 e. The van der Waals surface area contributed by atoms with Gasteiger partial charge in [0.1, 0.15) is 17.5 Å². The van der Waals surface area contributed by atoms with E-state index in [4.69, 9.17) is 10.9 Å². The molecule has 4 rings (SSSR count). The Morgan fingerprint density at radius 3 is 2.51 bits per heavy atom. The van der Waals surface area contributed by atoms with E-state index >= 15 is 0 Å². The van der Waals surface area contributed by atoms with E-state index < -0.39 is 23.8 Å². The maximum absolute atomic E-state index is 12.6. The summed E-state index contributed by atoms with van der Waals surface area (Å²) in [5.74, 6) is 4.58. The first-order valence-corrected chi connectivity index (χ1v) is 18.5. The molecule has 37 heavy (non-hydrogen) atoms. The molecular formula is C27H38IN5O2SSi. The Bertz CT molecular complexity index is 1360. The van der Waals surface area contributed by atoms with Gasteiger partial charge in [0.2, 0.25) is 5.95 Å². The number of nitrogens with two attached hydrogens (primary N) is 2. The molecule has 4 N–H and O–H groups in total. The van der Waals surface area contributed by atoms with Crippen molar-refractivity contribution in [3.8, 4) is 11.5 Å². The molecule has 0 radical (unpaired) electrons. The number of fused-ring (bicyclic) bond motifs is 1. The Balaban J connectivity index is 1.67. The highest BCUT2D eigenvalue weighted by Crippen LogP contribution is 2.56. The minimum atomic E-state index is -1.47. The van der Waals surface area contributed by atoms with Gasteiger partial charge in [0.25, 0.3) is 5.56 Å². The zero-order chi connectivity index (χ0) is 27.3. The molecular weight excluding hydrogens is 613 g/mol. The molecule has 2 atom stereocenters. The predicted molar refractivity (Wildman–Crippen MR) is 165 cm³/mol. The molecule has 1 aliphatic carbocycles. The number of hydrogen-bond acceptors (Lipinski definition) is 5. The van der Waals surface area contributed by atoms with Crippen molar-refractivity contribution >= 4 is 53.4 Å². The fraction of sp³-hybridized carbons (Fsp3) is 0.556. The van der Waals surface area contributed by atoms with Gasteiger partial charge in [-0.05, 0) is 96.7 Å². The van der Waals surface area contributed by atoms with E-state index in [1.54, 1.807) is 11.6 Å². The normalized spacial score (nSPS) is 19.9. The first-order valence-electron chi connectivity index (χ1n) is 12.7. The molecule has 1 aromatic heterocycles. The monoisotopic (exact) mass is 651 g/mol. The van der Waals surface area contributed by atoms with Crippen LogP contribution in [0, 0.1) is 20.4 Å². The van der Waals surface area contributed by atoms with Crippen molar-refractivity contribution in [1.82, 2.24) is 9.55 Å². The smallest absolute Gasteiger partial charge is 0.270 e. The Morgan fingerprint density at radius 2 is 1.92 bits per heavy atom. The van der Waals surface area contributed by atoms with Crippen molar-refractivity contribution in [3.05, 3.63) is 48.8 Å². The molecule has 1 saturated heterocycles. The summed E-state index contributed by atoms with van der Waals surface area (Å²) in [4.78, 5) is 19.4. The van der Waals surface area contributed by atoms with Crippen LogP contribution >= 0.6 is 22.6 Å². The Kier molecular flexibility index (Phi) is 7.76. The molecule has 200 valence electrons. The van der Waals surface area contributed by atoms with Crippen LogP contribution < -0.4 is 21.3 Å². The molecule has 1 unspecified atom stereocenters. The second-order valence-corrected chi connectivity index (χ2v) is 19.8. The average Bonchev–Trinajstić information content (AvgIpc) is 3.10. The van der Waals surface area contributed by atoms with Crippen LogP contribution in [0.1, 0.15) is 55.7 Å². The second-order valence-electron chi connectivity index (χ2n) is 12.2. The summed E-state index contributed by atoms with van der Waals surface area (Å²) >= 11 is 1.96. The highest BCUT2D eigenvalue weighted by molar-refractivity contribution is 14.1. The molecule has 0 saturated carbocycles. The maximum Gasteiger partial charge on any atom is 0.270 e. The van der Waals surface area contributed by atoms with E-state index in [0.29, 0.717) is 9.52 Å². The molecule has 7 nitrogen and oxygen atoms in total. The molecule has 1 aliphatic heterocycles. The standard InChI is InChI=1S/C27H38IN5O2SSi/c1-26(2,36(30)35)17-21-20-8-7-18(9-14-37(4,5)6)15-19(20)16-27(21)10-12-33(13-11-27)25-31-23(29)22(28)24(34)32(25)3/h7-8,15,21H,10-13,16-17,29-30H2,1-6H3/t21-,36?/m1/s1. The van der Waals surface area contributed by atoms with Gasteiger partial charge in [0.05, 0.1) is 15.7 Å². The molecule has 1 spiro atoms. The predicted octanol–water partition coefficient (Wildman–Crippen LogP) is 3.91. The van der Waals surface area contributed by atoms with Gasteiger partial charge >= 0.3 is 0 Å². The zero-order valence-electron chi connectivity index (χ0n) is 22.7. The molecule has 2 aliphatic rings. The lowest BCUT2D eigenvalue weighted by Crippen LogP contribution is -2.46. The van der Waals surface area contributed by atoms with Crippen LogP contribution in [0.5, 0.6) is 0 Å². The second kappa shape index (κ2) is 10.1. The molecule has 0 amide bonds. The molecule has 2 heterocycles. The van der Waals surface area contributed by atoms with Gasteiger partial charge in [-0.15, -0.1) is 5.54 Å². The van der Waals surface area contributed by atoms with Crippen molar-refractivity contribution in [3.63, 3.8) is 0 Å². The summed E-state index contributed by atoms with van der Waals surface area (Å²) in [6, 6.07) is 6.66. The lowest BCUT2D eigenvalue weighted by Gasteiger charge is -2.45. The van der Waals surface area contributed by atoms with Gasteiger partial charge in [0.15, 0.2) is 0 Å². The summed E-state index contributed by atoms with van der Waals surface area (Å²) in [5.41, 5.74) is 13.2. The summed E-state index contributed by atoms with van der Waals surface area (Å²) < 4.78 is 14.0. The maximum atomic E-state index is 12.6. The van der Waals surface area contributed by atoms with Crippen LogP contribution in [0.15, 0.2) is 23.0 Å². The molecule has 0 bridgehead atoms. The van der Waals surface area contributed by atoms with Crippen LogP contribution in [0.25, 0.3) is 0 Å². The largest absolute Gasteiger partial charge is 0.383 e. The molecule has 2 aromatic rings. The quantitative estimate of drug-likeness (QED) is 0.296. The van der Waals surface area contributed by atoms with Crippen LogP contribution in [0.3, 0.4) is 0 Å². The van der Waals surface area contributed by atoms with Crippen molar-refractivity contribution in [2.24, 2.45) is 17.6 Å². The van der Waals surface area contributed by atoms with Gasteiger partial charge in [-0.2, -0.15) is 4.98 Å². The van der Waals surface area contributed by atoms with Gasteiger partial charge < -0.3 is 10.6 Å². The summed E-state index contributed by atoms with van der Waals surface area (Å²) in [7, 11) is -1.14. The fourth-order valence-electron chi connectivity index (χ4n) is 5.71. The lowest BCUT2D eigenvalue weighted by atomic mass is 9.67. The number of halogens is 1. The first kappa shape index (κ1) is 28.3.